The summed E-state index contributed by atoms with van der Waals surface area (Å²) in [4.78, 5) is 16.5. The highest BCUT2D eigenvalue weighted by Crippen LogP contribution is 2.50. The van der Waals surface area contributed by atoms with Crippen LogP contribution >= 0.6 is 23.2 Å². The Morgan fingerprint density at radius 2 is 1.91 bits per heavy atom. The fourth-order valence-electron chi connectivity index (χ4n) is 5.50. The molecule has 1 atom stereocenters. The van der Waals surface area contributed by atoms with E-state index in [9.17, 15) is 0 Å². The number of pyridine rings is 1. The maximum atomic E-state index is 6.76. The number of nitrogens with zero attached hydrogens (tertiary/aromatic N) is 5. The van der Waals surface area contributed by atoms with Gasteiger partial charge in [-0.1, -0.05) is 35.3 Å². The fraction of sp³-hybridized carbons (Fsp3) is 0.320. The lowest BCUT2D eigenvalue weighted by Gasteiger charge is -2.42. The number of piperidine rings is 1. The van der Waals surface area contributed by atoms with E-state index in [1.165, 1.54) is 11.3 Å². The molecule has 0 amide bonds. The molecule has 3 aromatic heterocycles. The molecule has 1 aliphatic carbocycles. The first-order chi connectivity index (χ1) is 16.0. The van der Waals surface area contributed by atoms with Gasteiger partial charge in [-0.25, -0.2) is 9.97 Å². The van der Waals surface area contributed by atoms with E-state index in [2.05, 4.69) is 22.0 Å². The van der Waals surface area contributed by atoms with Gasteiger partial charge in [0.25, 0.3) is 0 Å². The van der Waals surface area contributed by atoms with Crippen molar-refractivity contribution < 1.29 is 0 Å². The molecule has 1 unspecified atom stereocenters. The Hall–Kier alpha value is -2.67. The third-order valence-electron chi connectivity index (χ3n) is 7.35. The normalized spacial score (nSPS) is 19.4. The number of aromatic nitrogens is 4. The van der Waals surface area contributed by atoms with Gasteiger partial charge in [0.2, 0.25) is 0 Å². The second kappa shape index (κ2) is 7.69. The van der Waals surface area contributed by atoms with Gasteiger partial charge in [-0.05, 0) is 55.4 Å². The molecule has 8 heteroatoms. The number of imidazole rings is 1. The number of halogens is 2. The zero-order valence-corrected chi connectivity index (χ0v) is 19.8. The van der Waals surface area contributed by atoms with Gasteiger partial charge in [-0.2, -0.15) is 0 Å². The molecule has 6 rings (SSSR count). The lowest BCUT2D eigenvalue weighted by molar-refractivity contribution is 0.187. The van der Waals surface area contributed by atoms with Gasteiger partial charge in [-0.15, -0.1) is 0 Å². The van der Waals surface area contributed by atoms with Crippen LogP contribution < -0.4 is 10.6 Å². The standard InChI is InChI=1S/C25H24Cl2N6/c1-15-5-6-16-19(31-15)13-25(22(16)28)7-10-32(11-8-25)24-20-14-30-23(33(20)12-9-29-24)17-3-2-4-18(26)21(17)27/h2-6,9,12,14,22H,7-8,10-11,13,28H2,1H3. The van der Waals surface area contributed by atoms with Crippen molar-refractivity contribution in [3.05, 3.63) is 75.9 Å². The minimum Gasteiger partial charge on any atom is -0.355 e. The van der Waals surface area contributed by atoms with E-state index in [4.69, 9.17) is 38.9 Å². The van der Waals surface area contributed by atoms with Crippen molar-refractivity contribution in [1.29, 1.82) is 0 Å². The zero-order chi connectivity index (χ0) is 22.7. The van der Waals surface area contributed by atoms with E-state index in [1.54, 1.807) is 6.07 Å². The Kier molecular flexibility index (Phi) is 4.87. The topological polar surface area (TPSA) is 72.3 Å². The zero-order valence-electron chi connectivity index (χ0n) is 18.3. The van der Waals surface area contributed by atoms with Gasteiger partial charge in [0.05, 0.1) is 16.2 Å². The van der Waals surface area contributed by atoms with E-state index in [-0.39, 0.29) is 11.5 Å². The summed E-state index contributed by atoms with van der Waals surface area (Å²) < 4.78 is 2.04. The van der Waals surface area contributed by atoms with Crippen LogP contribution in [0.2, 0.25) is 10.0 Å². The number of hydrogen-bond acceptors (Lipinski definition) is 5. The highest BCUT2D eigenvalue weighted by Gasteiger charge is 2.47. The lowest BCUT2D eigenvalue weighted by atomic mass is 9.73. The average Bonchev–Trinajstić information content (AvgIpc) is 3.35. The highest BCUT2D eigenvalue weighted by atomic mass is 35.5. The van der Waals surface area contributed by atoms with E-state index in [0.717, 1.165) is 60.8 Å². The summed E-state index contributed by atoms with van der Waals surface area (Å²) in [6.45, 7) is 3.83. The Bertz CT molecular complexity index is 1370. The maximum Gasteiger partial charge on any atom is 0.154 e. The smallest absolute Gasteiger partial charge is 0.154 e. The summed E-state index contributed by atoms with van der Waals surface area (Å²) >= 11 is 12.7. The number of nitrogens with two attached hydrogens (primary N) is 1. The second-order valence-electron chi connectivity index (χ2n) is 9.18. The summed E-state index contributed by atoms with van der Waals surface area (Å²) in [5.74, 6) is 1.69. The molecule has 1 spiro atoms. The molecular weight excluding hydrogens is 455 g/mol. The van der Waals surface area contributed by atoms with Crippen LogP contribution in [0.5, 0.6) is 0 Å². The number of rotatable bonds is 2. The van der Waals surface area contributed by atoms with Crippen molar-refractivity contribution >= 4 is 34.5 Å². The van der Waals surface area contributed by atoms with Gasteiger partial charge >= 0.3 is 0 Å². The molecule has 33 heavy (non-hydrogen) atoms. The fourth-order valence-corrected chi connectivity index (χ4v) is 5.89. The largest absolute Gasteiger partial charge is 0.355 e. The minimum absolute atomic E-state index is 0.0399. The molecule has 2 aliphatic rings. The van der Waals surface area contributed by atoms with Gasteiger partial charge < -0.3 is 10.6 Å². The van der Waals surface area contributed by atoms with Crippen molar-refractivity contribution in [2.24, 2.45) is 11.1 Å². The summed E-state index contributed by atoms with van der Waals surface area (Å²) in [5, 5.41) is 1.02. The first kappa shape index (κ1) is 20.9. The molecule has 1 saturated heterocycles. The Balaban J connectivity index is 1.30. The maximum absolute atomic E-state index is 6.76. The van der Waals surface area contributed by atoms with Crippen LogP contribution in [0.3, 0.4) is 0 Å². The molecule has 1 aliphatic heterocycles. The van der Waals surface area contributed by atoms with Crippen molar-refractivity contribution in [1.82, 2.24) is 19.4 Å². The molecule has 168 valence electrons. The van der Waals surface area contributed by atoms with Crippen LogP contribution in [0.15, 0.2) is 48.9 Å². The van der Waals surface area contributed by atoms with Crippen LogP contribution in [0.25, 0.3) is 16.9 Å². The van der Waals surface area contributed by atoms with Gasteiger partial charge in [-0.3, -0.25) is 9.38 Å². The van der Waals surface area contributed by atoms with Crippen molar-refractivity contribution in [3.63, 3.8) is 0 Å². The average molecular weight is 479 g/mol. The monoisotopic (exact) mass is 478 g/mol. The van der Waals surface area contributed by atoms with Crippen LogP contribution in [-0.2, 0) is 6.42 Å². The molecule has 0 saturated carbocycles. The molecule has 0 bridgehead atoms. The second-order valence-corrected chi connectivity index (χ2v) is 9.97. The Morgan fingerprint density at radius 1 is 1.09 bits per heavy atom. The van der Waals surface area contributed by atoms with E-state index >= 15 is 0 Å². The summed E-state index contributed by atoms with van der Waals surface area (Å²) in [5.41, 5.74) is 12.0. The van der Waals surface area contributed by atoms with Gasteiger partial charge in [0.15, 0.2) is 5.82 Å². The number of anilines is 1. The van der Waals surface area contributed by atoms with Crippen molar-refractivity contribution in [2.75, 3.05) is 18.0 Å². The molecule has 4 aromatic rings. The lowest BCUT2D eigenvalue weighted by Crippen LogP contribution is -2.44. The third-order valence-corrected chi connectivity index (χ3v) is 8.17. The van der Waals surface area contributed by atoms with Crippen LogP contribution in [0.4, 0.5) is 5.82 Å². The van der Waals surface area contributed by atoms with E-state index < -0.39 is 0 Å². The van der Waals surface area contributed by atoms with Gasteiger partial charge in [0, 0.05) is 48.5 Å². The van der Waals surface area contributed by atoms with Crippen LogP contribution in [0.1, 0.15) is 35.8 Å². The summed E-state index contributed by atoms with van der Waals surface area (Å²) in [6, 6.07) is 9.88. The molecule has 6 nitrogen and oxygen atoms in total. The molecule has 1 aromatic carbocycles. The molecule has 0 radical (unpaired) electrons. The number of benzene rings is 1. The molecule has 1 fully saturated rings. The Labute approximate surface area is 202 Å². The predicted octanol–water partition coefficient (Wildman–Crippen LogP) is 5.25. The van der Waals surface area contributed by atoms with E-state index in [0.29, 0.717) is 10.0 Å². The first-order valence-corrected chi connectivity index (χ1v) is 12.0. The first-order valence-electron chi connectivity index (χ1n) is 11.2. The number of aryl methyl sites for hydroxylation is 1. The summed E-state index contributed by atoms with van der Waals surface area (Å²) in [6.07, 6.45) is 8.58. The number of fused-ring (bicyclic) bond motifs is 2. The quantitative estimate of drug-likeness (QED) is 0.425. The SMILES string of the molecule is Cc1ccc2c(n1)CC1(CCN(c3nccn4c(-c5cccc(Cl)c5Cl)ncc34)CC1)C2N. The van der Waals surface area contributed by atoms with Crippen LogP contribution in [-0.4, -0.2) is 32.4 Å². The Morgan fingerprint density at radius 3 is 2.73 bits per heavy atom. The predicted molar refractivity (Wildman–Crippen MR) is 132 cm³/mol. The number of hydrogen-bond donors (Lipinski definition) is 1. The summed E-state index contributed by atoms with van der Waals surface area (Å²) in [7, 11) is 0. The minimum atomic E-state index is 0.0399. The van der Waals surface area contributed by atoms with E-state index in [1.807, 2.05) is 42.0 Å². The van der Waals surface area contributed by atoms with Crippen LogP contribution in [0, 0.1) is 12.3 Å². The molecule has 2 N–H and O–H groups in total. The molecule has 4 heterocycles. The van der Waals surface area contributed by atoms with Crippen molar-refractivity contribution in [3.8, 4) is 11.4 Å². The third kappa shape index (κ3) is 3.23. The van der Waals surface area contributed by atoms with Crippen molar-refractivity contribution in [2.45, 2.75) is 32.2 Å². The van der Waals surface area contributed by atoms with Gasteiger partial charge in [0.1, 0.15) is 11.3 Å². The molecular formula is C25H24Cl2N6. The highest BCUT2D eigenvalue weighted by molar-refractivity contribution is 6.43.